The molecule has 0 aliphatic heterocycles. The summed E-state index contributed by atoms with van der Waals surface area (Å²) < 4.78 is 0. The Kier molecular flexibility index (Phi) is 3.20. The van der Waals surface area contributed by atoms with Crippen LogP contribution in [0, 0.1) is 37.5 Å². The van der Waals surface area contributed by atoms with E-state index in [-0.39, 0.29) is 0 Å². The summed E-state index contributed by atoms with van der Waals surface area (Å²) in [5.41, 5.74) is 2.40. The van der Waals surface area contributed by atoms with Crippen molar-refractivity contribution < 1.29 is 0 Å². The molecule has 3 nitrogen and oxygen atoms in total. The van der Waals surface area contributed by atoms with Crippen molar-refractivity contribution in [2.75, 3.05) is 5.32 Å². The van der Waals surface area contributed by atoms with Crippen LogP contribution in [0.25, 0.3) is 0 Å². The van der Waals surface area contributed by atoms with Crippen molar-refractivity contribution in [1.82, 2.24) is 4.98 Å². The van der Waals surface area contributed by atoms with E-state index in [9.17, 15) is 0 Å². The van der Waals surface area contributed by atoms with E-state index in [0.717, 1.165) is 17.1 Å². The van der Waals surface area contributed by atoms with Gasteiger partial charge in [0.05, 0.1) is 22.5 Å². The van der Waals surface area contributed by atoms with Gasteiger partial charge >= 0.3 is 0 Å². The minimum absolute atomic E-state index is 0.480. The lowest BCUT2D eigenvalue weighted by atomic mass is 10.0. The van der Waals surface area contributed by atoms with E-state index in [1.54, 1.807) is 0 Å². The van der Waals surface area contributed by atoms with Gasteiger partial charge in [-0.15, -0.1) is 6.42 Å². The zero-order chi connectivity index (χ0) is 12.3. The fourth-order valence-electron chi connectivity index (χ4n) is 1.44. The molecule has 1 heterocycles. The maximum Gasteiger partial charge on any atom is 0.103 e. The first kappa shape index (κ1) is 12.1. The average Bonchev–Trinajstić information content (AvgIpc) is 2.16. The van der Waals surface area contributed by atoms with Crippen molar-refractivity contribution in [3.05, 3.63) is 23.0 Å². The summed E-state index contributed by atoms with van der Waals surface area (Å²) in [5, 5.41) is 12.2. The van der Waals surface area contributed by atoms with Crippen molar-refractivity contribution in [2.45, 2.75) is 33.2 Å². The Labute approximate surface area is 96.5 Å². The van der Waals surface area contributed by atoms with Crippen LogP contribution < -0.4 is 5.32 Å². The molecule has 0 aliphatic rings. The molecule has 0 amide bonds. The van der Waals surface area contributed by atoms with Gasteiger partial charge in [0.25, 0.3) is 0 Å². The molecule has 1 rings (SSSR count). The van der Waals surface area contributed by atoms with Gasteiger partial charge in [-0.2, -0.15) is 5.26 Å². The molecule has 82 valence electrons. The number of pyridine rings is 1. The summed E-state index contributed by atoms with van der Waals surface area (Å²) in [6.45, 7) is 7.49. The second-order valence-corrected chi connectivity index (χ2v) is 4.28. The standard InChI is InChI=1S/C13H15N3/c1-6-13(4,5)16-12-7-9(2)15-10(3)11(12)8-14/h1,7H,2-5H3,(H,15,16). The Hall–Kier alpha value is -2.00. The van der Waals surface area contributed by atoms with Crippen molar-refractivity contribution in [1.29, 1.82) is 5.26 Å². The first-order valence-electron chi connectivity index (χ1n) is 5.04. The van der Waals surface area contributed by atoms with Crippen molar-refractivity contribution >= 4 is 5.69 Å². The monoisotopic (exact) mass is 213 g/mol. The van der Waals surface area contributed by atoms with E-state index >= 15 is 0 Å². The first-order chi connectivity index (χ1) is 7.39. The molecule has 0 aliphatic carbocycles. The van der Waals surface area contributed by atoms with Gasteiger partial charge in [-0.25, -0.2) is 0 Å². The van der Waals surface area contributed by atoms with Gasteiger partial charge in [-0.1, -0.05) is 5.92 Å². The normalized spacial score (nSPS) is 10.4. The van der Waals surface area contributed by atoms with Gasteiger partial charge < -0.3 is 5.32 Å². The lowest BCUT2D eigenvalue weighted by molar-refractivity contribution is 0.740. The van der Waals surface area contributed by atoms with Gasteiger partial charge in [-0.3, -0.25) is 4.98 Å². The van der Waals surface area contributed by atoms with Gasteiger partial charge in [0.2, 0.25) is 0 Å². The smallest absolute Gasteiger partial charge is 0.103 e. The minimum atomic E-state index is -0.480. The van der Waals surface area contributed by atoms with Gasteiger partial charge in [0.15, 0.2) is 0 Å². The molecular weight excluding hydrogens is 198 g/mol. The maximum absolute atomic E-state index is 9.08. The predicted molar refractivity (Wildman–Crippen MR) is 65.0 cm³/mol. The second-order valence-electron chi connectivity index (χ2n) is 4.28. The molecule has 1 aromatic heterocycles. The van der Waals surface area contributed by atoms with E-state index in [2.05, 4.69) is 22.3 Å². The highest BCUT2D eigenvalue weighted by Crippen LogP contribution is 2.22. The molecule has 0 bridgehead atoms. The van der Waals surface area contributed by atoms with Gasteiger partial charge in [0.1, 0.15) is 6.07 Å². The van der Waals surface area contributed by atoms with Crippen molar-refractivity contribution in [2.24, 2.45) is 0 Å². The number of nitriles is 1. The summed E-state index contributed by atoms with van der Waals surface area (Å²) in [6, 6.07) is 3.98. The predicted octanol–water partition coefficient (Wildman–Crippen LogP) is 2.39. The van der Waals surface area contributed by atoms with E-state index in [4.69, 9.17) is 11.7 Å². The van der Waals surface area contributed by atoms with Crippen LogP contribution in [0.1, 0.15) is 30.8 Å². The molecule has 1 aromatic rings. The Morgan fingerprint density at radius 3 is 2.56 bits per heavy atom. The van der Waals surface area contributed by atoms with Gasteiger partial charge in [0, 0.05) is 5.69 Å². The highest BCUT2D eigenvalue weighted by Gasteiger charge is 2.17. The van der Waals surface area contributed by atoms with Crippen LogP contribution in [-0.2, 0) is 0 Å². The van der Waals surface area contributed by atoms with Crippen LogP contribution in [0.3, 0.4) is 0 Å². The van der Waals surface area contributed by atoms with E-state index in [1.165, 1.54) is 0 Å². The van der Waals surface area contributed by atoms with Crippen LogP contribution in [0.2, 0.25) is 0 Å². The third kappa shape index (κ3) is 2.52. The Morgan fingerprint density at radius 2 is 2.06 bits per heavy atom. The molecule has 0 saturated heterocycles. The number of hydrogen-bond donors (Lipinski definition) is 1. The van der Waals surface area contributed by atoms with Gasteiger partial charge in [-0.05, 0) is 33.8 Å². The third-order valence-corrected chi connectivity index (χ3v) is 2.25. The van der Waals surface area contributed by atoms with Crippen LogP contribution >= 0.6 is 0 Å². The number of aryl methyl sites for hydroxylation is 2. The highest BCUT2D eigenvalue weighted by molar-refractivity contribution is 5.61. The fraction of sp³-hybridized carbons (Fsp3) is 0.385. The number of anilines is 1. The molecule has 0 radical (unpaired) electrons. The molecule has 0 fully saturated rings. The summed E-state index contributed by atoms with van der Waals surface area (Å²) in [7, 11) is 0. The topological polar surface area (TPSA) is 48.7 Å². The zero-order valence-corrected chi connectivity index (χ0v) is 10.0. The number of hydrogen-bond acceptors (Lipinski definition) is 3. The molecule has 3 heteroatoms. The van der Waals surface area contributed by atoms with Crippen LogP contribution in [0.15, 0.2) is 6.07 Å². The molecule has 1 N–H and O–H groups in total. The first-order valence-corrected chi connectivity index (χ1v) is 5.04. The van der Waals surface area contributed by atoms with E-state index < -0.39 is 5.54 Å². The fourth-order valence-corrected chi connectivity index (χ4v) is 1.44. The lowest BCUT2D eigenvalue weighted by Gasteiger charge is -2.22. The van der Waals surface area contributed by atoms with E-state index in [1.807, 2.05) is 33.8 Å². The summed E-state index contributed by atoms with van der Waals surface area (Å²) in [4.78, 5) is 4.25. The molecular formula is C13H15N3. The van der Waals surface area contributed by atoms with E-state index in [0.29, 0.717) is 5.56 Å². The van der Waals surface area contributed by atoms with Crippen LogP contribution in [-0.4, -0.2) is 10.5 Å². The quantitative estimate of drug-likeness (QED) is 0.767. The Bertz CT molecular complexity index is 487. The maximum atomic E-state index is 9.08. The second kappa shape index (κ2) is 4.24. The Morgan fingerprint density at radius 1 is 1.44 bits per heavy atom. The molecule has 0 spiro atoms. The summed E-state index contributed by atoms with van der Waals surface area (Å²) >= 11 is 0. The van der Waals surface area contributed by atoms with Crippen molar-refractivity contribution in [3.8, 4) is 18.4 Å². The molecule has 0 aromatic carbocycles. The molecule has 16 heavy (non-hydrogen) atoms. The largest absolute Gasteiger partial charge is 0.368 e. The summed E-state index contributed by atoms with van der Waals surface area (Å²) in [6.07, 6.45) is 5.41. The lowest BCUT2D eigenvalue weighted by Crippen LogP contribution is -2.29. The van der Waals surface area contributed by atoms with Crippen molar-refractivity contribution in [3.63, 3.8) is 0 Å². The van der Waals surface area contributed by atoms with Crippen LogP contribution in [0.4, 0.5) is 5.69 Å². The zero-order valence-electron chi connectivity index (χ0n) is 10.0. The number of terminal acetylenes is 1. The third-order valence-electron chi connectivity index (χ3n) is 2.25. The number of aromatic nitrogens is 1. The number of nitrogens with zero attached hydrogens (tertiary/aromatic N) is 2. The minimum Gasteiger partial charge on any atom is -0.368 e. The molecule has 0 atom stereocenters. The van der Waals surface area contributed by atoms with Crippen LogP contribution in [0.5, 0.6) is 0 Å². The number of rotatable bonds is 2. The number of nitrogens with one attached hydrogen (secondary N) is 1. The SMILES string of the molecule is C#CC(C)(C)Nc1cc(C)nc(C)c1C#N. The summed E-state index contributed by atoms with van der Waals surface area (Å²) in [5.74, 6) is 2.64. The Balaban J connectivity index is 3.25. The molecule has 0 unspecified atom stereocenters. The molecule has 0 saturated carbocycles. The average molecular weight is 213 g/mol. The highest BCUT2D eigenvalue weighted by atomic mass is 15.0.